The Kier molecular flexibility index (Phi) is 4.71. The highest BCUT2D eigenvalue weighted by molar-refractivity contribution is 9.10. The summed E-state index contributed by atoms with van der Waals surface area (Å²) in [5.74, 6) is 1.92. The minimum absolute atomic E-state index is 0.445. The van der Waals surface area contributed by atoms with E-state index < -0.39 is 0 Å². The molecule has 2 aromatic heterocycles. The molecule has 4 rings (SSSR count). The van der Waals surface area contributed by atoms with Gasteiger partial charge >= 0.3 is 0 Å². The summed E-state index contributed by atoms with van der Waals surface area (Å²) in [5.41, 5.74) is 4.02. The van der Waals surface area contributed by atoms with Crippen LogP contribution in [0.25, 0.3) is 16.9 Å². The Labute approximate surface area is 161 Å². The van der Waals surface area contributed by atoms with E-state index >= 15 is 0 Å². The van der Waals surface area contributed by atoms with Crippen LogP contribution in [0.4, 0.5) is 0 Å². The summed E-state index contributed by atoms with van der Waals surface area (Å²) >= 11 is 3.59. The van der Waals surface area contributed by atoms with Gasteiger partial charge in [-0.05, 0) is 51.5 Å². The minimum atomic E-state index is 0.445. The van der Waals surface area contributed by atoms with Crippen molar-refractivity contribution in [3.63, 3.8) is 0 Å². The third kappa shape index (κ3) is 3.23. The lowest BCUT2D eigenvalue weighted by Gasteiger charge is -2.15. The lowest BCUT2D eigenvalue weighted by Crippen LogP contribution is -2.12. The molecule has 0 radical (unpaired) electrons. The van der Waals surface area contributed by atoms with Gasteiger partial charge < -0.3 is 9.47 Å². The Balaban J connectivity index is 1.80. The van der Waals surface area contributed by atoms with Gasteiger partial charge in [0.05, 0.1) is 18.9 Å². The van der Waals surface area contributed by atoms with Gasteiger partial charge in [0.1, 0.15) is 11.3 Å². The summed E-state index contributed by atoms with van der Waals surface area (Å²) in [7, 11) is 0. The normalized spacial score (nSPS) is 17.2. The summed E-state index contributed by atoms with van der Waals surface area (Å²) in [4.78, 5) is 9.60. The number of aryl methyl sites for hydroxylation is 3. The van der Waals surface area contributed by atoms with Crippen LogP contribution in [0.2, 0.25) is 0 Å². The summed E-state index contributed by atoms with van der Waals surface area (Å²) in [5, 5.41) is 1.00. The number of nitrogens with zero attached hydrogens (tertiary/aromatic N) is 3. The first-order chi connectivity index (χ1) is 12.5. The molecule has 5 nitrogen and oxygen atoms in total. The fraction of sp³-hybridized carbons (Fsp3) is 0.400. The number of halogens is 1. The molecule has 1 saturated heterocycles. The third-order valence-electron chi connectivity index (χ3n) is 4.88. The number of aromatic nitrogens is 3. The number of benzene rings is 1. The maximum atomic E-state index is 6.16. The molecule has 3 heterocycles. The Morgan fingerprint density at radius 3 is 2.65 bits per heavy atom. The number of hydrogen-bond acceptors (Lipinski definition) is 4. The number of hydrogen-bond donors (Lipinski definition) is 0. The highest BCUT2D eigenvalue weighted by Gasteiger charge is 2.19. The fourth-order valence-corrected chi connectivity index (χ4v) is 3.85. The Morgan fingerprint density at radius 1 is 1.19 bits per heavy atom. The van der Waals surface area contributed by atoms with Crippen LogP contribution in [0.5, 0.6) is 5.75 Å². The molecular weight excluding hydrogens is 394 g/mol. The van der Waals surface area contributed by atoms with E-state index in [1.165, 1.54) is 0 Å². The zero-order chi connectivity index (χ0) is 18.3. The molecule has 1 aliphatic rings. The summed E-state index contributed by atoms with van der Waals surface area (Å²) in [6.45, 7) is 8.38. The van der Waals surface area contributed by atoms with Crippen LogP contribution >= 0.6 is 15.9 Å². The molecule has 6 heteroatoms. The van der Waals surface area contributed by atoms with Gasteiger partial charge in [-0.15, -0.1) is 0 Å². The fourth-order valence-electron chi connectivity index (χ4n) is 3.42. The van der Waals surface area contributed by atoms with Crippen molar-refractivity contribution in [3.05, 3.63) is 45.8 Å². The first-order valence-electron chi connectivity index (χ1n) is 8.86. The number of fused-ring (bicyclic) bond motifs is 1. The van der Waals surface area contributed by atoms with Crippen molar-refractivity contribution in [1.29, 1.82) is 0 Å². The van der Waals surface area contributed by atoms with Crippen LogP contribution in [-0.4, -0.2) is 34.4 Å². The van der Waals surface area contributed by atoms with Crippen molar-refractivity contribution >= 4 is 26.8 Å². The van der Waals surface area contributed by atoms with Crippen LogP contribution in [0.1, 0.15) is 23.5 Å². The molecule has 1 unspecified atom stereocenters. The van der Waals surface area contributed by atoms with Gasteiger partial charge in [-0.2, -0.15) is 0 Å². The molecule has 0 spiro atoms. The zero-order valence-corrected chi connectivity index (χ0v) is 16.8. The standard InChI is InChI=1S/C20H22BrN3O2/c1-12-4-5-13(2)24(12)20-22-14(3)17-8-16(21)9-18(19(17)23-20)26-11-15-6-7-25-10-15/h4-5,8-9,15H,6-7,10-11H2,1-3H3. The van der Waals surface area contributed by atoms with Crippen LogP contribution in [0.3, 0.4) is 0 Å². The van der Waals surface area contributed by atoms with Gasteiger partial charge in [0.15, 0.2) is 0 Å². The predicted octanol–water partition coefficient (Wildman–Crippen LogP) is 4.52. The first kappa shape index (κ1) is 17.5. The smallest absolute Gasteiger partial charge is 0.235 e. The highest BCUT2D eigenvalue weighted by Crippen LogP contribution is 2.32. The summed E-state index contributed by atoms with van der Waals surface area (Å²) in [6, 6.07) is 8.20. The molecule has 136 valence electrons. The van der Waals surface area contributed by atoms with Crippen molar-refractivity contribution in [2.24, 2.45) is 5.92 Å². The highest BCUT2D eigenvalue weighted by atomic mass is 79.9. The van der Waals surface area contributed by atoms with E-state index in [1.807, 2.05) is 13.0 Å². The molecular formula is C20H22BrN3O2. The average molecular weight is 416 g/mol. The van der Waals surface area contributed by atoms with E-state index in [9.17, 15) is 0 Å². The van der Waals surface area contributed by atoms with Gasteiger partial charge in [-0.1, -0.05) is 15.9 Å². The molecule has 1 fully saturated rings. The molecule has 0 bridgehead atoms. The molecule has 26 heavy (non-hydrogen) atoms. The summed E-state index contributed by atoms with van der Waals surface area (Å²) in [6.07, 6.45) is 1.05. The van der Waals surface area contributed by atoms with Gasteiger partial charge in [0, 0.05) is 33.8 Å². The van der Waals surface area contributed by atoms with Crippen molar-refractivity contribution in [2.45, 2.75) is 27.2 Å². The van der Waals surface area contributed by atoms with Gasteiger partial charge in [0.25, 0.3) is 0 Å². The van der Waals surface area contributed by atoms with E-state index in [0.29, 0.717) is 18.5 Å². The largest absolute Gasteiger partial charge is 0.491 e. The minimum Gasteiger partial charge on any atom is -0.491 e. The predicted molar refractivity (Wildman–Crippen MR) is 105 cm³/mol. The van der Waals surface area contributed by atoms with E-state index in [2.05, 4.69) is 52.5 Å². The van der Waals surface area contributed by atoms with E-state index in [1.54, 1.807) is 0 Å². The van der Waals surface area contributed by atoms with Gasteiger partial charge in [0.2, 0.25) is 5.95 Å². The van der Waals surface area contributed by atoms with Gasteiger partial charge in [-0.25, -0.2) is 9.97 Å². The van der Waals surface area contributed by atoms with Crippen LogP contribution in [0, 0.1) is 26.7 Å². The van der Waals surface area contributed by atoms with Gasteiger partial charge in [-0.3, -0.25) is 4.57 Å². The SMILES string of the molecule is Cc1nc(-n2c(C)ccc2C)nc2c(OCC3CCOC3)cc(Br)cc12. The van der Waals surface area contributed by atoms with E-state index in [0.717, 1.165) is 57.8 Å². The van der Waals surface area contributed by atoms with Crippen LogP contribution in [0.15, 0.2) is 28.7 Å². The Hall–Kier alpha value is -1.92. The third-order valence-corrected chi connectivity index (χ3v) is 5.34. The number of rotatable bonds is 4. The maximum Gasteiger partial charge on any atom is 0.235 e. The van der Waals surface area contributed by atoms with E-state index in [4.69, 9.17) is 19.4 Å². The Morgan fingerprint density at radius 2 is 1.96 bits per heavy atom. The molecule has 1 aromatic carbocycles. The van der Waals surface area contributed by atoms with Crippen molar-refractivity contribution in [1.82, 2.24) is 14.5 Å². The number of ether oxygens (including phenoxy) is 2. The molecule has 3 aromatic rings. The van der Waals surface area contributed by atoms with Crippen molar-refractivity contribution < 1.29 is 9.47 Å². The molecule has 1 atom stereocenters. The molecule has 0 amide bonds. The average Bonchev–Trinajstić information content (AvgIpc) is 3.23. The lowest BCUT2D eigenvalue weighted by atomic mass is 10.1. The first-order valence-corrected chi connectivity index (χ1v) is 9.66. The van der Waals surface area contributed by atoms with Crippen molar-refractivity contribution in [2.75, 3.05) is 19.8 Å². The quantitative estimate of drug-likeness (QED) is 0.628. The second-order valence-electron chi connectivity index (χ2n) is 6.90. The molecule has 0 N–H and O–H groups in total. The molecule has 0 aliphatic carbocycles. The van der Waals surface area contributed by atoms with Crippen LogP contribution in [-0.2, 0) is 4.74 Å². The Bertz CT molecular complexity index is 942. The second-order valence-corrected chi connectivity index (χ2v) is 7.82. The second kappa shape index (κ2) is 7.00. The van der Waals surface area contributed by atoms with Crippen LogP contribution < -0.4 is 4.74 Å². The topological polar surface area (TPSA) is 49.2 Å². The van der Waals surface area contributed by atoms with Crippen molar-refractivity contribution in [3.8, 4) is 11.7 Å². The lowest BCUT2D eigenvalue weighted by molar-refractivity contribution is 0.167. The zero-order valence-electron chi connectivity index (χ0n) is 15.3. The summed E-state index contributed by atoms with van der Waals surface area (Å²) < 4.78 is 14.7. The monoisotopic (exact) mass is 415 g/mol. The maximum absolute atomic E-state index is 6.16. The molecule has 1 aliphatic heterocycles. The molecule has 0 saturated carbocycles. The van der Waals surface area contributed by atoms with E-state index in [-0.39, 0.29) is 0 Å².